The number of nitrogens with zero attached hydrogens (tertiary/aromatic N) is 2. The van der Waals surface area contributed by atoms with Gasteiger partial charge in [0.1, 0.15) is 0 Å². The molecule has 5 nitrogen and oxygen atoms in total. The lowest BCUT2D eigenvalue weighted by Gasteiger charge is -2.20. The van der Waals surface area contributed by atoms with Crippen molar-refractivity contribution in [2.75, 3.05) is 19.0 Å². The third kappa shape index (κ3) is 2.51. The number of fused-ring (bicyclic) bond motifs is 1. The van der Waals surface area contributed by atoms with Gasteiger partial charge in [-0.25, -0.2) is 4.98 Å². The Morgan fingerprint density at radius 3 is 3.16 bits per heavy atom. The van der Waals surface area contributed by atoms with Gasteiger partial charge >= 0.3 is 0 Å². The summed E-state index contributed by atoms with van der Waals surface area (Å²) in [5.74, 6) is 1.12. The molecule has 5 heteroatoms. The van der Waals surface area contributed by atoms with Crippen LogP contribution >= 0.6 is 0 Å². The molecule has 0 bridgehead atoms. The van der Waals surface area contributed by atoms with E-state index in [2.05, 4.69) is 32.7 Å². The normalized spacial score (nSPS) is 13.7. The highest BCUT2D eigenvalue weighted by molar-refractivity contribution is 5.61. The third-order valence-corrected chi connectivity index (χ3v) is 3.23. The van der Waals surface area contributed by atoms with Crippen LogP contribution in [0.4, 0.5) is 11.6 Å². The minimum absolute atomic E-state index is 0.559. The molecule has 0 spiro atoms. The van der Waals surface area contributed by atoms with Gasteiger partial charge in [-0.15, -0.1) is 0 Å². The van der Waals surface area contributed by atoms with E-state index in [4.69, 9.17) is 4.74 Å². The molecule has 2 heterocycles. The van der Waals surface area contributed by atoms with Gasteiger partial charge in [-0.2, -0.15) is 4.98 Å². The second-order valence-corrected chi connectivity index (χ2v) is 4.42. The molecule has 0 saturated carbocycles. The van der Waals surface area contributed by atoms with Gasteiger partial charge in [0.25, 0.3) is 0 Å². The van der Waals surface area contributed by atoms with Crippen LogP contribution in [0.3, 0.4) is 0 Å². The first-order valence-corrected chi connectivity index (χ1v) is 6.32. The molecular weight excluding hydrogens is 240 g/mol. The number of rotatable bonds is 3. The Hall–Kier alpha value is -2.14. The van der Waals surface area contributed by atoms with Gasteiger partial charge in [-0.1, -0.05) is 12.1 Å². The number of methoxy groups -OCH3 is 1. The molecule has 0 aliphatic carbocycles. The zero-order valence-electron chi connectivity index (χ0n) is 10.8. The van der Waals surface area contributed by atoms with Crippen molar-refractivity contribution in [3.8, 4) is 5.88 Å². The van der Waals surface area contributed by atoms with E-state index in [1.807, 2.05) is 6.07 Å². The van der Waals surface area contributed by atoms with Gasteiger partial charge in [-0.3, -0.25) is 0 Å². The standard InChI is InChI=1S/C14H16N4O/c1-19-13-6-8-16-14(18-13)17-12-4-2-3-10-9-15-7-5-11(10)12/h2-4,6,8,15H,5,7,9H2,1H3,(H,16,17,18). The van der Waals surface area contributed by atoms with Gasteiger partial charge in [0.15, 0.2) is 0 Å². The molecule has 0 amide bonds. The summed E-state index contributed by atoms with van der Waals surface area (Å²) in [5.41, 5.74) is 3.75. The Balaban J connectivity index is 1.90. The lowest BCUT2D eigenvalue weighted by Crippen LogP contribution is -2.24. The Morgan fingerprint density at radius 2 is 2.26 bits per heavy atom. The van der Waals surface area contributed by atoms with E-state index in [1.165, 1.54) is 11.1 Å². The van der Waals surface area contributed by atoms with Crippen LogP contribution in [0.2, 0.25) is 0 Å². The van der Waals surface area contributed by atoms with E-state index in [1.54, 1.807) is 19.4 Å². The number of ether oxygens (including phenoxy) is 1. The minimum atomic E-state index is 0.559. The van der Waals surface area contributed by atoms with E-state index in [0.717, 1.165) is 25.2 Å². The number of anilines is 2. The Bertz CT molecular complexity index is 585. The van der Waals surface area contributed by atoms with Crippen LogP contribution in [-0.4, -0.2) is 23.6 Å². The highest BCUT2D eigenvalue weighted by Gasteiger charge is 2.13. The summed E-state index contributed by atoms with van der Waals surface area (Å²) >= 11 is 0. The van der Waals surface area contributed by atoms with Gasteiger partial charge in [0.2, 0.25) is 11.8 Å². The van der Waals surface area contributed by atoms with Crippen molar-refractivity contribution in [3.05, 3.63) is 41.6 Å². The summed E-state index contributed by atoms with van der Waals surface area (Å²) < 4.78 is 5.10. The van der Waals surface area contributed by atoms with Crippen LogP contribution in [0.1, 0.15) is 11.1 Å². The fourth-order valence-corrected chi connectivity index (χ4v) is 2.29. The molecule has 1 aliphatic heterocycles. The highest BCUT2D eigenvalue weighted by Crippen LogP contribution is 2.25. The highest BCUT2D eigenvalue weighted by atomic mass is 16.5. The van der Waals surface area contributed by atoms with Gasteiger partial charge in [-0.05, 0) is 30.2 Å². The largest absolute Gasteiger partial charge is 0.481 e. The van der Waals surface area contributed by atoms with Crippen LogP contribution < -0.4 is 15.4 Å². The maximum absolute atomic E-state index is 5.10. The first-order valence-electron chi connectivity index (χ1n) is 6.32. The van der Waals surface area contributed by atoms with E-state index in [-0.39, 0.29) is 0 Å². The molecule has 0 unspecified atom stereocenters. The van der Waals surface area contributed by atoms with Gasteiger partial charge in [0, 0.05) is 24.5 Å². The first-order chi connectivity index (χ1) is 9.36. The second-order valence-electron chi connectivity index (χ2n) is 4.42. The van der Waals surface area contributed by atoms with Crippen LogP contribution in [0.25, 0.3) is 0 Å². The van der Waals surface area contributed by atoms with Crippen LogP contribution in [0, 0.1) is 0 Å². The summed E-state index contributed by atoms with van der Waals surface area (Å²) in [4.78, 5) is 8.49. The Labute approximate surface area is 112 Å². The quantitative estimate of drug-likeness (QED) is 0.878. The average Bonchev–Trinajstić information content (AvgIpc) is 2.48. The van der Waals surface area contributed by atoms with E-state index < -0.39 is 0 Å². The van der Waals surface area contributed by atoms with E-state index in [9.17, 15) is 0 Å². The summed E-state index contributed by atoms with van der Waals surface area (Å²) in [6.07, 6.45) is 2.70. The molecule has 1 aromatic carbocycles. The van der Waals surface area contributed by atoms with Crippen LogP contribution in [0.15, 0.2) is 30.5 Å². The molecule has 19 heavy (non-hydrogen) atoms. The van der Waals surface area contributed by atoms with Crippen molar-refractivity contribution in [1.29, 1.82) is 0 Å². The summed E-state index contributed by atoms with van der Waals surface area (Å²) in [5, 5.41) is 6.65. The maximum atomic E-state index is 5.10. The molecule has 0 atom stereocenters. The summed E-state index contributed by atoms with van der Waals surface area (Å²) in [6, 6.07) is 8.00. The average molecular weight is 256 g/mol. The van der Waals surface area contributed by atoms with Crippen molar-refractivity contribution < 1.29 is 4.74 Å². The number of hydrogen-bond acceptors (Lipinski definition) is 5. The van der Waals surface area contributed by atoms with Crippen LogP contribution in [0.5, 0.6) is 5.88 Å². The molecule has 98 valence electrons. The molecule has 0 radical (unpaired) electrons. The monoisotopic (exact) mass is 256 g/mol. The predicted molar refractivity (Wildman–Crippen MR) is 73.7 cm³/mol. The fourth-order valence-electron chi connectivity index (χ4n) is 2.29. The second kappa shape index (κ2) is 5.24. The number of hydrogen-bond donors (Lipinski definition) is 2. The summed E-state index contributed by atoms with van der Waals surface area (Å²) in [7, 11) is 1.60. The molecular formula is C14H16N4O. The molecule has 0 saturated heterocycles. The predicted octanol–water partition coefficient (Wildman–Crippen LogP) is 1.87. The third-order valence-electron chi connectivity index (χ3n) is 3.23. The zero-order valence-corrected chi connectivity index (χ0v) is 10.8. The maximum Gasteiger partial charge on any atom is 0.230 e. The lowest BCUT2D eigenvalue weighted by molar-refractivity contribution is 0.397. The molecule has 0 fully saturated rings. The van der Waals surface area contributed by atoms with Crippen molar-refractivity contribution >= 4 is 11.6 Å². The van der Waals surface area contributed by atoms with Crippen LogP contribution in [-0.2, 0) is 13.0 Å². The van der Waals surface area contributed by atoms with Crippen molar-refractivity contribution in [2.45, 2.75) is 13.0 Å². The smallest absolute Gasteiger partial charge is 0.230 e. The number of aromatic nitrogens is 2. The first kappa shape index (κ1) is 11.9. The van der Waals surface area contributed by atoms with Gasteiger partial charge in [0.05, 0.1) is 7.11 Å². The minimum Gasteiger partial charge on any atom is -0.481 e. The number of nitrogens with one attached hydrogen (secondary N) is 2. The molecule has 3 rings (SSSR count). The molecule has 2 aromatic rings. The molecule has 1 aromatic heterocycles. The molecule has 2 N–H and O–H groups in total. The number of benzene rings is 1. The molecule has 1 aliphatic rings. The SMILES string of the molecule is COc1ccnc(Nc2cccc3c2CCNC3)n1. The summed E-state index contributed by atoms with van der Waals surface area (Å²) in [6.45, 7) is 1.93. The van der Waals surface area contributed by atoms with E-state index in [0.29, 0.717) is 11.8 Å². The lowest BCUT2D eigenvalue weighted by atomic mass is 9.99. The van der Waals surface area contributed by atoms with Crippen molar-refractivity contribution in [2.24, 2.45) is 0 Å². The van der Waals surface area contributed by atoms with Gasteiger partial charge < -0.3 is 15.4 Å². The van der Waals surface area contributed by atoms with Crippen molar-refractivity contribution in [1.82, 2.24) is 15.3 Å². The topological polar surface area (TPSA) is 59.1 Å². The zero-order chi connectivity index (χ0) is 13.1. The Morgan fingerprint density at radius 1 is 1.32 bits per heavy atom. The Kier molecular flexibility index (Phi) is 3.29. The van der Waals surface area contributed by atoms with E-state index >= 15 is 0 Å². The van der Waals surface area contributed by atoms with Crippen molar-refractivity contribution in [3.63, 3.8) is 0 Å². The fraction of sp³-hybridized carbons (Fsp3) is 0.286.